The lowest BCUT2D eigenvalue weighted by Crippen LogP contribution is -2.16. The summed E-state index contributed by atoms with van der Waals surface area (Å²) in [6, 6.07) is 0. The molecule has 72 valence electrons. The van der Waals surface area contributed by atoms with Gasteiger partial charge in [-0.3, -0.25) is 0 Å². The molecular formula is C11H22O. The van der Waals surface area contributed by atoms with Gasteiger partial charge >= 0.3 is 0 Å². The molecule has 1 fully saturated rings. The van der Waals surface area contributed by atoms with Gasteiger partial charge in [-0.15, -0.1) is 0 Å². The zero-order chi connectivity index (χ0) is 8.97. The van der Waals surface area contributed by atoms with Gasteiger partial charge in [0.05, 0.1) is 6.10 Å². The minimum atomic E-state index is -0.00175. The molecule has 1 saturated carbocycles. The van der Waals surface area contributed by atoms with Gasteiger partial charge in [0, 0.05) is 0 Å². The highest BCUT2D eigenvalue weighted by atomic mass is 16.3. The van der Waals surface area contributed by atoms with E-state index >= 15 is 0 Å². The summed E-state index contributed by atoms with van der Waals surface area (Å²) in [5.41, 5.74) is 0. The molecular weight excluding hydrogens is 148 g/mol. The Hall–Kier alpha value is -0.0400. The molecule has 0 saturated heterocycles. The van der Waals surface area contributed by atoms with Crippen LogP contribution in [0.3, 0.4) is 0 Å². The predicted molar refractivity (Wildman–Crippen MR) is 52.0 cm³/mol. The van der Waals surface area contributed by atoms with Crippen molar-refractivity contribution in [2.24, 2.45) is 11.8 Å². The third kappa shape index (κ3) is 3.14. The molecule has 0 aromatic carbocycles. The molecule has 1 aliphatic carbocycles. The first-order valence-corrected chi connectivity index (χ1v) is 5.38. The SMILES string of the molecule is CC(C)C1CCCC(O)CCC1. The Morgan fingerprint density at radius 3 is 1.92 bits per heavy atom. The topological polar surface area (TPSA) is 20.2 Å². The number of hydrogen-bond acceptors (Lipinski definition) is 1. The van der Waals surface area contributed by atoms with Gasteiger partial charge in [-0.25, -0.2) is 0 Å². The number of aliphatic hydroxyl groups is 1. The highest BCUT2D eigenvalue weighted by Gasteiger charge is 2.17. The lowest BCUT2D eigenvalue weighted by molar-refractivity contribution is 0.128. The van der Waals surface area contributed by atoms with Crippen LogP contribution in [0.25, 0.3) is 0 Å². The average Bonchev–Trinajstić information content (AvgIpc) is 1.95. The van der Waals surface area contributed by atoms with Crippen molar-refractivity contribution in [3.8, 4) is 0 Å². The molecule has 0 aliphatic heterocycles. The fraction of sp³-hybridized carbons (Fsp3) is 1.00. The van der Waals surface area contributed by atoms with Gasteiger partial charge in [-0.05, 0) is 24.7 Å². The first-order valence-electron chi connectivity index (χ1n) is 5.38. The summed E-state index contributed by atoms with van der Waals surface area (Å²) in [5, 5.41) is 9.44. The van der Waals surface area contributed by atoms with Crippen LogP contribution in [-0.4, -0.2) is 11.2 Å². The van der Waals surface area contributed by atoms with Crippen molar-refractivity contribution in [3.63, 3.8) is 0 Å². The number of rotatable bonds is 1. The van der Waals surface area contributed by atoms with E-state index in [1.165, 1.54) is 25.7 Å². The molecule has 0 atom stereocenters. The van der Waals surface area contributed by atoms with Crippen LogP contribution in [0, 0.1) is 11.8 Å². The Labute approximate surface area is 76.2 Å². The molecule has 0 spiro atoms. The molecule has 12 heavy (non-hydrogen) atoms. The van der Waals surface area contributed by atoms with Crippen LogP contribution in [0.5, 0.6) is 0 Å². The van der Waals surface area contributed by atoms with Crippen LogP contribution in [0.1, 0.15) is 52.4 Å². The number of hydrogen-bond donors (Lipinski definition) is 1. The van der Waals surface area contributed by atoms with Gasteiger partial charge in [-0.2, -0.15) is 0 Å². The van der Waals surface area contributed by atoms with Crippen molar-refractivity contribution in [1.29, 1.82) is 0 Å². The molecule has 1 rings (SSSR count). The Kier molecular flexibility index (Phi) is 4.07. The van der Waals surface area contributed by atoms with E-state index in [2.05, 4.69) is 13.8 Å². The minimum absolute atomic E-state index is 0.00175. The van der Waals surface area contributed by atoms with Gasteiger partial charge in [0.25, 0.3) is 0 Å². The van der Waals surface area contributed by atoms with Gasteiger partial charge in [-0.1, -0.05) is 39.5 Å². The summed E-state index contributed by atoms with van der Waals surface area (Å²) < 4.78 is 0. The second-order valence-corrected chi connectivity index (χ2v) is 4.52. The minimum Gasteiger partial charge on any atom is -0.393 e. The first kappa shape index (κ1) is 10.0. The van der Waals surface area contributed by atoms with Crippen molar-refractivity contribution in [2.45, 2.75) is 58.5 Å². The van der Waals surface area contributed by atoms with Crippen molar-refractivity contribution in [2.75, 3.05) is 0 Å². The quantitative estimate of drug-likeness (QED) is 0.641. The van der Waals surface area contributed by atoms with E-state index in [9.17, 15) is 5.11 Å². The second kappa shape index (κ2) is 4.86. The molecule has 0 aromatic rings. The van der Waals surface area contributed by atoms with E-state index in [0.29, 0.717) is 0 Å². The Bertz CT molecular complexity index is 110. The third-order valence-corrected chi connectivity index (χ3v) is 3.17. The van der Waals surface area contributed by atoms with E-state index in [1.54, 1.807) is 0 Å². The molecule has 1 N–H and O–H groups in total. The van der Waals surface area contributed by atoms with Gasteiger partial charge in [0.15, 0.2) is 0 Å². The van der Waals surface area contributed by atoms with Crippen LogP contribution in [0.2, 0.25) is 0 Å². The highest BCUT2D eigenvalue weighted by Crippen LogP contribution is 2.27. The number of aliphatic hydroxyl groups excluding tert-OH is 1. The van der Waals surface area contributed by atoms with Crippen molar-refractivity contribution < 1.29 is 5.11 Å². The van der Waals surface area contributed by atoms with E-state index in [0.717, 1.165) is 24.7 Å². The molecule has 0 amide bonds. The summed E-state index contributed by atoms with van der Waals surface area (Å²) in [6.07, 6.45) is 7.17. The molecule has 0 aromatic heterocycles. The molecule has 0 unspecified atom stereocenters. The highest BCUT2D eigenvalue weighted by molar-refractivity contribution is 4.69. The summed E-state index contributed by atoms with van der Waals surface area (Å²) in [5.74, 6) is 1.75. The van der Waals surface area contributed by atoms with Crippen LogP contribution in [0.4, 0.5) is 0 Å². The molecule has 1 nitrogen and oxygen atoms in total. The van der Waals surface area contributed by atoms with E-state index in [-0.39, 0.29) is 6.10 Å². The first-order chi connectivity index (χ1) is 5.70. The zero-order valence-electron chi connectivity index (χ0n) is 8.42. The maximum atomic E-state index is 9.44. The lowest BCUT2D eigenvalue weighted by atomic mass is 9.83. The van der Waals surface area contributed by atoms with Crippen LogP contribution in [-0.2, 0) is 0 Å². The standard InChI is InChI=1S/C11H22O/c1-9(2)10-5-3-7-11(12)8-4-6-10/h9-12H,3-8H2,1-2H3. The third-order valence-electron chi connectivity index (χ3n) is 3.17. The van der Waals surface area contributed by atoms with Crippen molar-refractivity contribution >= 4 is 0 Å². The smallest absolute Gasteiger partial charge is 0.0540 e. The molecule has 0 radical (unpaired) electrons. The van der Waals surface area contributed by atoms with Gasteiger partial charge < -0.3 is 5.11 Å². The fourth-order valence-corrected chi connectivity index (χ4v) is 2.19. The summed E-state index contributed by atoms with van der Waals surface area (Å²) >= 11 is 0. The van der Waals surface area contributed by atoms with Crippen molar-refractivity contribution in [1.82, 2.24) is 0 Å². The average molecular weight is 170 g/mol. The zero-order valence-corrected chi connectivity index (χ0v) is 8.42. The second-order valence-electron chi connectivity index (χ2n) is 4.52. The fourth-order valence-electron chi connectivity index (χ4n) is 2.19. The molecule has 0 bridgehead atoms. The Morgan fingerprint density at radius 1 is 1.00 bits per heavy atom. The van der Waals surface area contributed by atoms with E-state index < -0.39 is 0 Å². The van der Waals surface area contributed by atoms with Gasteiger partial charge in [0.2, 0.25) is 0 Å². The Balaban J connectivity index is 2.30. The predicted octanol–water partition coefficient (Wildman–Crippen LogP) is 2.97. The van der Waals surface area contributed by atoms with Crippen LogP contribution < -0.4 is 0 Å². The van der Waals surface area contributed by atoms with Gasteiger partial charge in [0.1, 0.15) is 0 Å². The molecule has 1 heteroatoms. The normalized spacial score (nSPS) is 33.0. The van der Waals surface area contributed by atoms with Crippen LogP contribution in [0.15, 0.2) is 0 Å². The lowest BCUT2D eigenvalue weighted by Gasteiger charge is -2.24. The van der Waals surface area contributed by atoms with Crippen LogP contribution >= 0.6 is 0 Å². The van der Waals surface area contributed by atoms with E-state index in [1.807, 2.05) is 0 Å². The molecule has 0 heterocycles. The summed E-state index contributed by atoms with van der Waals surface area (Å²) in [7, 11) is 0. The monoisotopic (exact) mass is 170 g/mol. The maximum absolute atomic E-state index is 9.44. The van der Waals surface area contributed by atoms with Crippen molar-refractivity contribution in [3.05, 3.63) is 0 Å². The summed E-state index contributed by atoms with van der Waals surface area (Å²) in [6.45, 7) is 4.64. The van der Waals surface area contributed by atoms with E-state index in [4.69, 9.17) is 0 Å². The Morgan fingerprint density at radius 2 is 1.50 bits per heavy atom. The maximum Gasteiger partial charge on any atom is 0.0540 e. The summed E-state index contributed by atoms with van der Waals surface area (Å²) in [4.78, 5) is 0. The molecule has 1 aliphatic rings. The largest absolute Gasteiger partial charge is 0.393 e.